The van der Waals surface area contributed by atoms with E-state index < -0.39 is 0 Å². The minimum atomic E-state index is -0.00307. The molecule has 5 rings (SSSR count). The standard InChI is InChI=1S/C16H21BrO2.C11H13BrO/c17-16-13(11-19-15-7-3-4-10-18-15)9-8-12-5-1-2-6-14(12)16;12-11-9(7-13)6-5-8-3-1-2-4-10(8)11/h8-9,15H,1-7,10-11H2;5-6,13H,1-4,7H2. The SMILES string of the molecule is Brc1c(COC2CCCCO2)ccc2c1CCCC2.OCc1ccc2c(c1Br)CCCC2. The molecule has 0 radical (unpaired) electrons. The third-order valence-corrected chi connectivity index (χ3v) is 8.79. The number of benzene rings is 2. The summed E-state index contributed by atoms with van der Waals surface area (Å²) in [5, 5.41) is 9.09. The molecule has 0 amide bonds. The lowest BCUT2D eigenvalue weighted by Crippen LogP contribution is -2.22. The molecule has 1 heterocycles. The predicted molar refractivity (Wildman–Crippen MR) is 136 cm³/mol. The average molecular weight is 566 g/mol. The first kappa shape index (κ1) is 24.4. The molecule has 1 fully saturated rings. The molecule has 32 heavy (non-hydrogen) atoms. The Morgan fingerprint density at radius 3 is 1.97 bits per heavy atom. The lowest BCUT2D eigenvalue weighted by atomic mass is 9.90. The van der Waals surface area contributed by atoms with Crippen LogP contribution < -0.4 is 0 Å². The van der Waals surface area contributed by atoms with Crippen LogP contribution in [0.25, 0.3) is 0 Å². The van der Waals surface area contributed by atoms with Gasteiger partial charge in [0.05, 0.1) is 13.2 Å². The van der Waals surface area contributed by atoms with Crippen molar-refractivity contribution < 1.29 is 14.6 Å². The Labute approximate surface area is 209 Å². The monoisotopic (exact) mass is 564 g/mol. The summed E-state index contributed by atoms with van der Waals surface area (Å²) in [5.74, 6) is 0. The Bertz CT molecular complexity index is 906. The Hall–Kier alpha value is -0.720. The Kier molecular flexibility index (Phi) is 9.24. The first-order valence-electron chi connectivity index (χ1n) is 12.1. The Morgan fingerprint density at radius 1 is 0.781 bits per heavy atom. The molecule has 5 heteroatoms. The second-order valence-electron chi connectivity index (χ2n) is 9.03. The molecule has 0 bridgehead atoms. The van der Waals surface area contributed by atoms with Crippen molar-refractivity contribution in [3.63, 3.8) is 0 Å². The highest BCUT2D eigenvalue weighted by molar-refractivity contribution is 9.10. The van der Waals surface area contributed by atoms with Crippen molar-refractivity contribution >= 4 is 31.9 Å². The molecule has 1 aliphatic heterocycles. The summed E-state index contributed by atoms with van der Waals surface area (Å²) in [6, 6.07) is 8.66. The summed E-state index contributed by atoms with van der Waals surface area (Å²) in [6.45, 7) is 1.63. The fraction of sp³-hybridized carbons (Fsp3) is 0.556. The van der Waals surface area contributed by atoms with Gasteiger partial charge >= 0.3 is 0 Å². The maximum absolute atomic E-state index is 9.09. The van der Waals surface area contributed by atoms with Gasteiger partial charge in [0, 0.05) is 15.6 Å². The molecule has 2 aliphatic carbocycles. The summed E-state index contributed by atoms with van der Waals surface area (Å²) in [4.78, 5) is 0. The summed E-state index contributed by atoms with van der Waals surface area (Å²) in [6.07, 6.45) is 13.4. The van der Waals surface area contributed by atoms with Crippen LogP contribution in [-0.4, -0.2) is 18.0 Å². The molecule has 1 saturated heterocycles. The first-order chi connectivity index (χ1) is 15.7. The highest BCUT2D eigenvalue weighted by atomic mass is 79.9. The summed E-state index contributed by atoms with van der Waals surface area (Å²) >= 11 is 7.34. The van der Waals surface area contributed by atoms with Gasteiger partial charge in [0.15, 0.2) is 6.29 Å². The van der Waals surface area contributed by atoms with Gasteiger partial charge in [0.25, 0.3) is 0 Å². The third-order valence-electron chi connectivity index (χ3n) is 6.82. The zero-order valence-electron chi connectivity index (χ0n) is 18.8. The zero-order chi connectivity index (χ0) is 22.3. The van der Waals surface area contributed by atoms with E-state index in [4.69, 9.17) is 14.6 Å². The van der Waals surface area contributed by atoms with E-state index in [1.807, 2.05) is 6.07 Å². The minimum Gasteiger partial charge on any atom is -0.392 e. The Balaban J connectivity index is 0.000000165. The number of aliphatic hydroxyl groups is 1. The molecule has 1 atom stereocenters. The van der Waals surface area contributed by atoms with Crippen molar-refractivity contribution in [1.29, 1.82) is 0 Å². The number of ether oxygens (including phenoxy) is 2. The average Bonchev–Trinajstić information content (AvgIpc) is 2.85. The van der Waals surface area contributed by atoms with Crippen LogP contribution in [0.15, 0.2) is 33.2 Å². The molecule has 3 nitrogen and oxygen atoms in total. The highest BCUT2D eigenvalue weighted by Gasteiger charge is 2.18. The zero-order valence-corrected chi connectivity index (χ0v) is 22.0. The predicted octanol–water partition coefficient (Wildman–Crippen LogP) is 7.19. The Morgan fingerprint density at radius 2 is 1.38 bits per heavy atom. The van der Waals surface area contributed by atoms with Crippen molar-refractivity contribution in [1.82, 2.24) is 0 Å². The number of aliphatic hydroxyl groups excluding tert-OH is 1. The number of fused-ring (bicyclic) bond motifs is 2. The van der Waals surface area contributed by atoms with Gasteiger partial charge in [0.1, 0.15) is 0 Å². The highest BCUT2D eigenvalue weighted by Crippen LogP contribution is 2.32. The van der Waals surface area contributed by atoms with Crippen LogP contribution in [0.3, 0.4) is 0 Å². The number of hydrogen-bond donors (Lipinski definition) is 1. The second-order valence-corrected chi connectivity index (χ2v) is 10.6. The number of aryl methyl sites for hydroxylation is 2. The molecule has 174 valence electrons. The molecule has 0 saturated carbocycles. The smallest absolute Gasteiger partial charge is 0.158 e. The van der Waals surface area contributed by atoms with Gasteiger partial charge in [-0.25, -0.2) is 0 Å². The number of hydrogen-bond acceptors (Lipinski definition) is 3. The molecular weight excluding hydrogens is 532 g/mol. The topological polar surface area (TPSA) is 38.7 Å². The molecule has 0 spiro atoms. The van der Waals surface area contributed by atoms with Gasteiger partial charge in [-0.3, -0.25) is 0 Å². The van der Waals surface area contributed by atoms with E-state index in [-0.39, 0.29) is 12.9 Å². The van der Waals surface area contributed by atoms with Gasteiger partial charge in [-0.2, -0.15) is 0 Å². The van der Waals surface area contributed by atoms with Gasteiger partial charge < -0.3 is 14.6 Å². The van der Waals surface area contributed by atoms with E-state index in [0.29, 0.717) is 6.61 Å². The fourth-order valence-electron chi connectivity index (χ4n) is 4.92. The van der Waals surface area contributed by atoms with Crippen molar-refractivity contribution in [2.45, 2.75) is 90.1 Å². The van der Waals surface area contributed by atoms with Crippen molar-refractivity contribution in [3.05, 3.63) is 66.6 Å². The lowest BCUT2D eigenvalue weighted by molar-refractivity contribution is -0.169. The quantitative estimate of drug-likeness (QED) is 0.426. The summed E-state index contributed by atoms with van der Waals surface area (Å²) in [5.41, 5.74) is 8.15. The van der Waals surface area contributed by atoms with E-state index in [2.05, 4.69) is 50.1 Å². The summed E-state index contributed by atoms with van der Waals surface area (Å²) < 4.78 is 13.9. The van der Waals surface area contributed by atoms with Crippen molar-refractivity contribution in [2.75, 3.05) is 6.61 Å². The van der Waals surface area contributed by atoms with Crippen molar-refractivity contribution in [3.8, 4) is 0 Å². The van der Waals surface area contributed by atoms with Gasteiger partial charge in [-0.05, 0) is 104 Å². The molecule has 3 aliphatic rings. The fourth-order valence-corrected chi connectivity index (χ4v) is 6.33. The maximum Gasteiger partial charge on any atom is 0.158 e. The van der Waals surface area contributed by atoms with Crippen LogP contribution >= 0.6 is 31.9 Å². The van der Waals surface area contributed by atoms with E-state index >= 15 is 0 Å². The van der Waals surface area contributed by atoms with Crippen LogP contribution in [0.5, 0.6) is 0 Å². The van der Waals surface area contributed by atoms with Crippen LogP contribution in [0, 0.1) is 0 Å². The van der Waals surface area contributed by atoms with E-state index in [1.54, 1.807) is 0 Å². The van der Waals surface area contributed by atoms with Crippen LogP contribution in [0.2, 0.25) is 0 Å². The molecular formula is C27H34Br2O3. The van der Waals surface area contributed by atoms with E-state index in [0.717, 1.165) is 29.5 Å². The number of halogens is 2. The van der Waals surface area contributed by atoms with Gasteiger partial charge in [-0.1, -0.05) is 56.1 Å². The normalized spacial score (nSPS) is 20.0. The first-order valence-corrected chi connectivity index (χ1v) is 13.7. The van der Waals surface area contributed by atoms with Crippen LogP contribution in [-0.2, 0) is 48.4 Å². The minimum absolute atomic E-state index is 0.00307. The molecule has 2 aromatic carbocycles. The molecule has 0 aromatic heterocycles. The number of rotatable bonds is 4. The summed E-state index contributed by atoms with van der Waals surface area (Å²) in [7, 11) is 0. The van der Waals surface area contributed by atoms with Gasteiger partial charge in [-0.15, -0.1) is 0 Å². The molecule has 2 aromatic rings. The largest absolute Gasteiger partial charge is 0.392 e. The van der Waals surface area contributed by atoms with E-state index in [1.165, 1.54) is 90.1 Å². The molecule has 1 N–H and O–H groups in total. The maximum atomic E-state index is 9.09. The van der Waals surface area contributed by atoms with Crippen molar-refractivity contribution in [2.24, 2.45) is 0 Å². The van der Waals surface area contributed by atoms with Gasteiger partial charge in [0.2, 0.25) is 0 Å². The molecule has 1 unspecified atom stereocenters. The van der Waals surface area contributed by atoms with Crippen LogP contribution in [0.4, 0.5) is 0 Å². The third kappa shape index (κ3) is 6.04. The second kappa shape index (κ2) is 12.1. The van der Waals surface area contributed by atoms with E-state index in [9.17, 15) is 0 Å². The van der Waals surface area contributed by atoms with Crippen LogP contribution in [0.1, 0.15) is 78.3 Å². The lowest BCUT2D eigenvalue weighted by Gasteiger charge is -2.24.